The van der Waals surface area contributed by atoms with Crippen molar-refractivity contribution in [1.82, 2.24) is 5.32 Å². The van der Waals surface area contributed by atoms with Crippen molar-refractivity contribution in [1.29, 1.82) is 0 Å². The highest BCUT2D eigenvalue weighted by atomic mass is 79.9. The molecular formula is C14H19BrN2O3. The van der Waals surface area contributed by atoms with Crippen molar-refractivity contribution in [2.75, 3.05) is 11.9 Å². The van der Waals surface area contributed by atoms with Gasteiger partial charge in [-0.3, -0.25) is 0 Å². The fourth-order valence-corrected chi connectivity index (χ4v) is 2.27. The fourth-order valence-electron chi connectivity index (χ4n) is 1.77. The van der Waals surface area contributed by atoms with Crippen molar-refractivity contribution in [3.8, 4) is 0 Å². The number of urea groups is 1. The van der Waals surface area contributed by atoms with Gasteiger partial charge in [-0.1, -0.05) is 42.6 Å². The molecule has 0 atom stereocenters. The van der Waals surface area contributed by atoms with E-state index in [0.717, 1.165) is 12.8 Å². The van der Waals surface area contributed by atoms with Crippen molar-refractivity contribution >= 4 is 33.6 Å². The fraction of sp³-hybridized carbons (Fsp3) is 0.429. The minimum atomic E-state index is -1.04. The number of hydrogen-bond donors (Lipinski definition) is 3. The van der Waals surface area contributed by atoms with E-state index in [-0.39, 0.29) is 11.6 Å². The Morgan fingerprint density at radius 3 is 2.45 bits per heavy atom. The summed E-state index contributed by atoms with van der Waals surface area (Å²) in [6, 6.07) is 4.23. The first kappa shape index (κ1) is 16.5. The van der Waals surface area contributed by atoms with Crippen LogP contribution >= 0.6 is 15.9 Å². The first-order valence-electron chi connectivity index (χ1n) is 6.55. The summed E-state index contributed by atoms with van der Waals surface area (Å²) in [4.78, 5) is 22.7. The highest BCUT2D eigenvalue weighted by Gasteiger charge is 2.09. The summed E-state index contributed by atoms with van der Waals surface area (Å²) in [5, 5.41) is 14.4. The van der Waals surface area contributed by atoms with Gasteiger partial charge >= 0.3 is 12.0 Å². The molecular weight excluding hydrogens is 324 g/mol. The number of benzene rings is 1. The van der Waals surface area contributed by atoms with Gasteiger partial charge in [-0.05, 0) is 24.1 Å². The van der Waals surface area contributed by atoms with E-state index in [9.17, 15) is 9.59 Å². The highest BCUT2D eigenvalue weighted by Crippen LogP contribution is 2.19. The summed E-state index contributed by atoms with van der Waals surface area (Å²) in [5.41, 5.74) is 0.563. The van der Waals surface area contributed by atoms with Crippen molar-refractivity contribution in [3.63, 3.8) is 0 Å². The number of carboxylic acids is 1. The summed E-state index contributed by atoms with van der Waals surface area (Å²) >= 11 is 3.22. The van der Waals surface area contributed by atoms with Gasteiger partial charge in [0.15, 0.2) is 0 Å². The van der Waals surface area contributed by atoms with Gasteiger partial charge in [-0.25, -0.2) is 9.59 Å². The van der Waals surface area contributed by atoms with Crippen LogP contribution in [0.5, 0.6) is 0 Å². The Balaban J connectivity index is 2.64. The Hall–Kier alpha value is -1.56. The van der Waals surface area contributed by atoms with Crippen LogP contribution in [0.3, 0.4) is 0 Å². The smallest absolute Gasteiger partial charge is 0.335 e. The number of carbonyl (C=O) groups is 2. The highest BCUT2D eigenvalue weighted by molar-refractivity contribution is 9.10. The van der Waals surface area contributed by atoms with Crippen LogP contribution in [0.4, 0.5) is 10.5 Å². The lowest BCUT2D eigenvalue weighted by atomic mass is 10.0. The normalized spacial score (nSPS) is 10.4. The van der Waals surface area contributed by atoms with Crippen LogP contribution in [0.15, 0.2) is 22.7 Å². The molecule has 0 heterocycles. The van der Waals surface area contributed by atoms with Crippen molar-refractivity contribution in [3.05, 3.63) is 28.2 Å². The number of halogens is 1. The van der Waals surface area contributed by atoms with Crippen molar-refractivity contribution in [2.45, 2.75) is 26.7 Å². The van der Waals surface area contributed by atoms with Crippen molar-refractivity contribution in [2.24, 2.45) is 5.92 Å². The maximum absolute atomic E-state index is 11.8. The Morgan fingerprint density at radius 1 is 1.25 bits per heavy atom. The number of amides is 2. The van der Waals surface area contributed by atoms with Gasteiger partial charge in [0.25, 0.3) is 0 Å². The Labute approximate surface area is 126 Å². The van der Waals surface area contributed by atoms with Gasteiger partial charge in [-0.2, -0.15) is 0 Å². The predicted octanol–water partition coefficient (Wildman–Crippen LogP) is 3.71. The lowest BCUT2D eigenvalue weighted by molar-refractivity contribution is 0.0697. The maximum Gasteiger partial charge on any atom is 0.335 e. The van der Waals surface area contributed by atoms with Crippen LogP contribution in [-0.4, -0.2) is 23.7 Å². The molecule has 20 heavy (non-hydrogen) atoms. The number of nitrogens with one attached hydrogen (secondary N) is 2. The largest absolute Gasteiger partial charge is 0.478 e. The van der Waals surface area contributed by atoms with Crippen LogP contribution in [-0.2, 0) is 0 Å². The molecule has 0 bridgehead atoms. The summed E-state index contributed by atoms with van der Waals surface area (Å²) in [5.74, 6) is -0.579. The summed E-state index contributed by atoms with van der Waals surface area (Å²) in [7, 11) is 0. The molecule has 0 saturated heterocycles. The molecule has 0 unspecified atom stereocenters. The number of carboxylic acid groups (broad SMARTS) is 1. The molecule has 2 amide bonds. The van der Waals surface area contributed by atoms with E-state index in [2.05, 4.69) is 40.4 Å². The van der Waals surface area contributed by atoms with Gasteiger partial charge in [0.2, 0.25) is 0 Å². The molecule has 0 aliphatic carbocycles. The van der Waals surface area contributed by atoms with Gasteiger partial charge in [0.05, 0.1) is 5.56 Å². The first-order chi connectivity index (χ1) is 9.46. The second-order valence-electron chi connectivity index (χ2n) is 4.55. The number of hydrogen-bond acceptors (Lipinski definition) is 2. The first-order valence-corrected chi connectivity index (χ1v) is 7.34. The predicted molar refractivity (Wildman–Crippen MR) is 82.2 cm³/mol. The molecule has 5 nitrogen and oxygen atoms in total. The molecule has 1 aromatic rings. The van der Waals surface area contributed by atoms with E-state index in [1.807, 2.05) is 0 Å². The van der Waals surface area contributed by atoms with Gasteiger partial charge < -0.3 is 15.7 Å². The van der Waals surface area contributed by atoms with Gasteiger partial charge in [0.1, 0.15) is 0 Å². The van der Waals surface area contributed by atoms with Gasteiger partial charge in [-0.15, -0.1) is 0 Å². The lowest BCUT2D eigenvalue weighted by Gasteiger charge is -2.14. The third-order valence-corrected chi connectivity index (χ3v) is 3.57. The van der Waals surface area contributed by atoms with E-state index >= 15 is 0 Å². The van der Waals surface area contributed by atoms with E-state index in [1.54, 1.807) is 6.07 Å². The second-order valence-corrected chi connectivity index (χ2v) is 5.47. The standard InChI is InChI=1S/C14H19BrN2O3/c1-3-9(4-2)8-16-14(20)17-12-6-10(13(18)19)5-11(15)7-12/h5-7,9H,3-4,8H2,1-2H3,(H,18,19)(H2,16,17,20). The molecule has 0 fully saturated rings. The zero-order valence-electron chi connectivity index (χ0n) is 11.6. The lowest BCUT2D eigenvalue weighted by Crippen LogP contribution is -2.32. The molecule has 3 N–H and O–H groups in total. The SMILES string of the molecule is CCC(CC)CNC(=O)Nc1cc(Br)cc(C(=O)O)c1. The summed E-state index contributed by atoms with van der Waals surface area (Å²) in [6.45, 7) is 4.78. The van der Waals surface area contributed by atoms with Crippen LogP contribution in [0.2, 0.25) is 0 Å². The molecule has 6 heteroatoms. The van der Waals surface area contributed by atoms with Crippen LogP contribution in [0.1, 0.15) is 37.0 Å². The van der Waals surface area contributed by atoms with E-state index < -0.39 is 5.97 Å². The van der Waals surface area contributed by atoms with Gasteiger partial charge in [0, 0.05) is 16.7 Å². The maximum atomic E-state index is 11.8. The molecule has 110 valence electrons. The molecule has 1 aromatic carbocycles. The Bertz CT molecular complexity index is 487. The number of carbonyl (C=O) groups excluding carboxylic acids is 1. The number of rotatable bonds is 6. The molecule has 0 radical (unpaired) electrons. The van der Waals surface area contributed by atoms with Crippen LogP contribution in [0, 0.1) is 5.92 Å². The monoisotopic (exact) mass is 342 g/mol. The Kier molecular flexibility index (Phi) is 6.51. The average Bonchev–Trinajstić information content (AvgIpc) is 2.39. The zero-order chi connectivity index (χ0) is 15.1. The zero-order valence-corrected chi connectivity index (χ0v) is 13.2. The summed E-state index contributed by atoms with van der Waals surface area (Å²) < 4.78 is 0.604. The van der Waals surface area contributed by atoms with E-state index in [1.165, 1.54) is 12.1 Å². The molecule has 0 saturated carbocycles. The molecule has 0 aromatic heterocycles. The van der Waals surface area contributed by atoms with E-state index in [0.29, 0.717) is 22.6 Å². The van der Waals surface area contributed by atoms with Crippen LogP contribution in [0.25, 0.3) is 0 Å². The number of aromatic carboxylic acids is 1. The van der Waals surface area contributed by atoms with Crippen molar-refractivity contribution < 1.29 is 14.7 Å². The molecule has 0 spiro atoms. The van der Waals surface area contributed by atoms with Crippen LogP contribution < -0.4 is 10.6 Å². The topological polar surface area (TPSA) is 78.4 Å². The second kappa shape index (κ2) is 7.89. The third kappa shape index (κ3) is 5.21. The Morgan fingerprint density at radius 2 is 1.90 bits per heavy atom. The molecule has 0 aliphatic rings. The molecule has 0 aliphatic heterocycles. The minimum Gasteiger partial charge on any atom is -0.478 e. The number of anilines is 1. The quantitative estimate of drug-likeness (QED) is 0.737. The minimum absolute atomic E-state index is 0.120. The average molecular weight is 343 g/mol. The molecule has 1 rings (SSSR count). The summed E-state index contributed by atoms with van der Waals surface area (Å²) in [6.07, 6.45) is 2.02. The third-order valence-electron chi connectivity index (χ3n) is 3.11. The van der Waals surface area contributed by atoms with E-state index in [4.69, 9.17) is 5.11 Å².